The van der Waals surface area contributed by atoms with Crippen LogP contribution < -0.4 is 10.6 Å². The van der Waals surface area contributed by atoms with Gasteiger partial charge in [0.25, 0.3) is 0 Å². The molecule has 358 valence electrons. The van der Waals surface area contributed by atoms with Crippen LogP contribution in [0, 0.1) is 5.92 Å². The van der Waals surface area contributed by atoms with Crippen LogP contribution in [-0.2, 0) is 10.8 Å². The minimum absolute atomic E-state index is 0.00168. The average Bonchev–Trinajstić information content (AvgIpc) is 3.34. The monoisotopic (exact) mass is 960 g/mol. The molecule has 2 aliphatic rings. The lowest BCUT2D eigenvalue weighted by Gasteiger charge is -2.28. The number of rotatable bonds is 13. The van der Waals surface area contributed by atoms with Crippen LogP contribution in [0.3, 0.4) is 0 Å². The Labute approximate surface area is 425 Å². The average molecular weight is 961 g/mol. The summed E-state index contributed by atoms with van der Waals surface area (Å²) in [5.41, 5.74) is 12.0. The number of nitrogens with one attached hydrogen (secondary N) is 2. The van der Waals surface area contributed by atoms with Crippen molar-refractivity contribution in [1.29, 1.82) is 0 Å². The van der Waals surface area contributed by atoms with Gasteiger partial charge >= 0.3 is 0 Å². The predicted octanol–water partition coefficient (Wildman–Crippen LogP) is 18.7. The minimum atomic E-state index is -0.194. The summed E-state index contributed by atoms with van der Waals surface area (Å²) in [6.07, 6.45) is 7.92. The van der Waals surface area contributed by atoms with Crippen molar-refractivity contribution in [2.45, 2.75) is 143 Å². The minimum Gasteiger partial charge on any atom is -0.355 e. The molecule has 7 aromatic rings. The van der Waals surface area contributed by atoms with Gasteiger partial charge in [0, 0.05) is 42.1 Å². The zero-order chi connectivity index (χ0) is 49.3. The first kappa shape index (κ1) is 49.2. The van der Waals surface area contributed by atoms with Crippen LogP contribution in [0.1, 0.15) is 167 Å². The second-order valence-electron chi connectivity index (χ2n) is 21.9. The second-order valence-corrected chi connectivity index (χ2v) is 24.1. The van der Waals surface area contributed by atoms with Gasteiger partial charge in [-0.25, -0.2) is 0 Å². The van der Waals surface area contributed by atoms with Gasteiger partial charge in [0.05, 0.1) is 22.5 Å². The summed E-state index contributed by atoms with van der Waals surface area (Å²) in [6.45, 7) is 19.9. The molecule has 0 aliphatic heterocycles. The summed E-state index contributed by atoms with van der Waals surface area (Å²) >= 11 is 3.06. The number of carbonyl (C=O) groups excluding carboxylic acids is 2. The van der Waals surface area contributed by atoms with Crippen LogP contribution in [0.25, 0.3) is 11.1 Å². The topological polar surface area (TPSA) is 58.2 Å². The van der Waals surface area contributed by atoms with Gasteiger partial charge in [-0.1, -0.05) is 171 Å². The van der Waals surface area contributed by atoms with Crippen molar-refractivity contribution in [2.75, 3.05) is 10.6 Å². The molecule has 0 bridgehead atoms. The molecule has 2 N–H and O–H groups in total. The molecule has 0 radical (unpaired) electrons. The number of hydrogen-bond acceptors (Lipinski definition) is 6. The fourth-order valence-electron chi connectivity index (χ4n) is 10.2. The van der Waals surface area contributed by atoms with Crippen molar-refractivity contribution in [1.82, 2.24) is 0 Å². The Kier molecular flexibility index (Phi) is 14.4. The van der Waals surface area contributed by atoms with Crippen LogP contribution in [0.5, 0.6) is 0 Å². The maximum atomic E-state index is 15.7. The summed E-state index contributed by atoms with van der Waals surface area (Å²) in [6, 6.07) is 51.0. The lowest BCUT2D eigenvalue weighted by Crippen LogP contribution is -2.25. The highest BCUT2D eigenvalue weighted by Crippen LogP contribution is 2.47. The maximum Gasteiger partial charge on any atom is 0.198 e. The molecule has 7 aromatic carbocycles. The molecule has 6 heteroatoms. The summed E-state index contributed by atoms with van der Waals surface area (Å²) in [5, 5.41) is 7.17. The van der Waals surface area contributed by atoms with Gasteiger partial charge in [-0.3, -0.25) is 9.59 Å². The van der Waals surface area contributed by atoms with Crippen molar-refractivity contribution >= 4 is 57.8 Å². The molecule has 2 aliphatic carbocycles. The second kappa shape index (κ2) is 20.5. The molecule has 0 amide bonds. The van der Waals surface area contributed by atoms with Gasteiger partial charge in [0.2, 0.25) is 0 Å². The molecule has 0 saturated heterocycles. The van der Waals surface area contributed by atoms with Gasteiger partial charge in [-0.15, -0.1) is 0 Å². The normalized spacial score (nSPS) is 16.0. The number of anilines is 4. The van der Waals surface area contributed by atoms with Gasteiger partial charge in [0.1, 0.15) is 0 Å². The molecule has 70 heavy (non-hydrogen) atoms. The van der Waals surface area contributed by atoms with Crippen LogP contribution in [0.4, 0.5) is 22.7 Å². The van der Waals surface area contributed by atoms with E-state index in [0.717, 1.165) is 42.4 Å². The summed E-state index contributed by atoms with van der Waals surface area (Å²) < 4.78 is 0. The molecule has 0 unspecified atom stereocenters. The predicted molar refractivity (Wildman–Crippen MR) is 297 cm³/mol. The van der Waals surface area contributed by atoms with Crippen molar-refractivity contribution in [2.24, 2.45) is 5.92 Å². The molecule has 4 nitrogen and oxygen atoms in total. The van der Waals surface area contributed by atoms with E-state index >= 15 is 9.59 Å². The molecule has 1 fully saturated rings. The highest BCUT2D eigenvalue weighted by molar-refractivity contribution is 7.99. The molecule has 9 rings (SSSR count). The lowest BCUT2D eigenvalue weighted by molar-refractivity contribution is 0.0976. The van der Waals surface area contributed by atoms with Crippen molar-refractivity contribution in [3.8, 4) is 11.1 Å². The first-order valence-corrected chi connectivity index (χ1v) is 27.0. The third-order valence-electron chi connectivity index (χ3n) is 14.4. The fourth-order valence-corrected chi connectivity index (χ4v) is 12.1. The van der Waals surface area contributed by atoms with E-state index in [-0.39, 0.29) is 22.4 Å². The number of carbonyl (C=O) groups is 2. The van der Waals surface area contributed by atoms with E-state index in [9.17, 15) is 0 Å². The van der Waals surface area contributed by atoms with Crippen molar-refractivity contribution in [3.63, 3.8) is 0 Å². The summed E-state index contributed by atoms with van der Waals surface area (Å²) in [5.74, 6) is 1.58. The van der Waals surface area contributed by atoms with E-state index in [4.69, 9.17) is 0 Å². The first-order chi connectivity index (χ1) is 33.5. The van der Waals surface area contributed by atoms with Crippen molar-refractivity contribution < 1.29 is 9.59 Å². The van der Waals surface area contributed by atoms with Gasteiger partial charge in [-0.2, -0.15) is 0 Å². The Morgan fingerprint density at radius 3 is 1.36 bits per heavy atom. The summed E-state index contributed by atoms with van der Waals surface area (Å²) in [4.78, 5) is 34.9. The highest BCUT2D eigenvalue weighted by atomic mass is 32.2. The Morgan fingerprint density at radius 1 is 0.500 bits per heavy atom. The zero-order valence-electron chi connectivity index (χ0n) is 42.5. The summed E-state index contributed by atoms with van der Waals surface area (Å²) in [7, 11) is 0. The van der Waals surface area contributed by atoms with Gasteiger partial charge in [-0.05, 0) is 160 Å². The molecular formula is C64H68N2O2S2. The Balaban J connectivity index is 1.09. The lowest BCUT2D eigenvalue weighted by atomic mass is 9.77. The van der Waals surface area contributed by atoms with Gasteiger partial charge in [0.15, 0.2) is 11.6 Å². The smallest absolute Gasteiger partial charge is 0.198 e. The van der Waals surface area contributed by atoms with Crippen LogP contribution in [0.2, 0.25) is 0 Å². The maximum absolute atomic E-state index is 15.7. The van der Waals surface area contributed by atoms with Crippen LogP contribution in [-0.4, -0.2) is 11.6 Å². The Morgan fingerprint density at radius 2 is 0.914 bits per heavy atom. The van der Waals surface area contributed by atoms with E-state index in [1.165, 1.54) is 89.9 Å². The molecule has 0 aromatic heterocycles. The number of hydrogen-bond donors (Lipinski definition) is 2. The molecule has 0 atom stereocenters. The largest absolute Gasteiger partial charge is 0.355 e. The SMILES string of the molecule is CCCC1CCC(c2ccc(-c3ccc(Sc4ccc(Nc5ccc(C(C)C)cc5)c5c4C(=O)c4c(Sc6ccc(C(C)(C)C)cc6)ccc(Nc6ccc(C(C)(C)C)cc6)c4C5=O)cc3)cc2)CC1. The number of ketones is 2. The van der Waals surface area contributed by atoms with Crippen molar-refractivity contribution in [3.05, 3.63) is 190 Å². The van der Waals surface area contributed by atoms with E-state index in [1.807, 2.05) is 24.3 Å². The third-order valence-corrected chi connectivity index (χ3v) is 16.6. The van der Waals surface area contributed by atoms with E-state index in [2.05, 4.69) is 194 Å². The number of fused-ring (bicyclic) bond motifs is 2. The Bertz CT molecular complexity index is 2990. The van der Waals surface area contributed by atoms with E-state index in [1.54, 1.807) is 0 Å². The molecule has 0 spiro atoms. The third kappa shape index (κ3) is 10.7. The van der Waals surface area contributed by atoms with Gasteiger partial charge < -0.3 is 10.6 Å². The van der Waals surface area contributed by atoms with Crippen LogP contribution >= 0.6 is 23.5 Å². The van der Waals surface area contributed by atoms with Crippen LogP contribution in [0.15, 0.2) is 165 Å². The van der Waals surface area contributed by atoms with E-state index in [0.29, 0.717) is 45.5 Å². The molecular weight excluding hydrogens is 893 g/mol. The standard InChI is InChI=1S/C64H68N2O2S2/c1-10-11-41-12-14-43(15-13-41)44-16-18-45(19-17-44)46-22-32-51(33-23-46)69-55-38-36-53(65-49-28-20-42(21-29-49)40(2)3)57-59(55)62(68)60-56(70-52-34-26-48(27-35-52)64(7,8)9)39-37-54(58(60)61(57)67)66-50-30-24-47(25-31-50)63(4,5)6/h16-41,43,65-66H,10-15H2,1-9H3. The zero-order valence-corrected chi connectivity index (χ0v) is 44.1. The molecule has 1 saturated carbocycles. The highest BCUT2D eigenvalue weighted by Gasteiger charge is 2.38. The fraction of sp³-hybridized carbons (Fsp3) is 0.312. The first-order valence-electron chi connectivity index (χ1n) is 25.4. The number of benzene rings is 7. The van der Waals surface area contributed by atoms with E-state index < -0.39 is 0 Å². The quantitative estimate of drug-likeness (QED) is 0.120. The molecule has 0 heterocycles. The Hall–Kier alpha value is -5.82.